The summed E-state index contributed by atoms with van der Waals surface area (Å²) in [5.41, 5.74) is -0.672. The Bertz CT molecular complexity index is 582. The van der Waals surface area contributed by atoms with E-state index in [2.05, 4.69) is 4.74 Å². The van der Waals surface area contributed by atoms with Gasteiger partial charge < -0.3 is 17.7 Å². The van der Waals surface area contributed by atoms with Crippen molar-refractivity contribution >= 4 is 39.8 Å². The van der Waals surface area contributed by atoms with Crippen molar-refractivity contribution in [2.75, 3.05) is 7.11 Å². The van der Waals surface area contributed by atoms with Crippen molar-refractivity contribution in [3.05, 3.63) is 29.1 Å². The predicted molar refractivity (Wildman–Crippen MR) is 61.9 cm³/mol. The zero-order chi connectivity index (χ0) is 12.6. The molecule has 0 saturated heterocycles. The summed E-state index contributed by atoms with van der Waals surface area (Å²) in [6.07, 6.45) is 0. The van der Waals surface area contributed by atoms with E-state index in [0.717, 1.165) is 17.4 Å². The van der Waals surface area contributed by atoms with Gasteiger partial charge in [0.1, 0.15) is 4.88 Å². The maximum Gasteiger partial charge on any atom is 1.00 e. The molecule has 0 N–H and O–H groups in total. The molecule has 0 atom stereocenters. The molecule has 0 radical (unpaired) electrons. The van der Waals surface area contributed by atoms with Gasteiger partial charge >= 0.3 is 64.3 Å². The van der Waals surface area contributed by atoms with Crippen molar-refractivity contribution in [1.29, 1.82) is 0 Å². The second kappa shape index (κ2) is 6.06. The number of hydrogen-bond donors (Lipinski definition) is 0. The Hall–Kier alpha value is 0.141. The number of rotatable bonds is 2. The van der Waals surface area contributed by atoms with Gasteiger partial charge in [0.15, 0.2) is 0 Å². The quantitative estimate of drug-likeness (QED) is 0.564. The van der Waals surface area contributed by atoms with E-state index in [9.17, 15) is 17.7 Å². The van der Waals surface area contributed by atoms with Crippen molar-refractivity contribution in [2.24, 2.45) is 0 Å². The van der Waals surface area contributed by atoms with Gasteiger partial charge in [0.05, 0.1) is 7.11 Å². The number of carbonyl (C=O) groups is 1. The van der Waals surface area contributed by atoms with Crippen LogP contribution in [0, 0.1) is 0 Å². The van der Waals surface area contributed by atoms with E-state index in [-0.39, 0.29) is 61.6 Å². The Morgan fingerprint density at radius 1 is 1.33 bits per heavy atom. The van der Waals surface area contributed by atoms with E-state index in [4.69, 9.17) is 0 Å². The summed E-state index contributed by atoms with van der Waals surface area (Å²) >= 11 is 0.996. The van der Waals surface area contributed by atoms with Crippen molar-refractivity contribution in [2.45, 2.75) is 0 Å². The molecule has 0 aliphatic heterocycles. The van der Waals surface area contributed by atoms with Gasteiger partial charge in [-0.3, -0.25) is 0 Å². The number of hydrogen-bond acceptors (Lipinski definition) is 3. The second-order valence-corrected chi connectivity index (χ2v) is 4.52. The number of esters is 1. The largest absolute Gasteiger partial charge is 1.00 e. The number of methoxy groups -OCH3 is 1. The number of ether oxygens (including phenoxy) is 1. The molecule has 0 saturated carbocycles. The van der Waals surface area contributed by atoms with Crippen LogP contribution >= 0.6 is 11.3 Å². The second-order valence-electron chi connectivity index (χ2n) is 3.44. The Morgan fingerprint density at radius 3 is 2.56 bits per heavy atom. The van der Waals surface area contributed by atoms with Gasteiger partial charge in [-0.25, -0.2) is 4.79 Å². The van der Waals surface area contributed by atoms with Gasteiger partial charge in [0.2, 0.25) is 0 Å². The fraction of sp³-hybridized carbons (Fsp3) is 0.100. The van der Waals surface area contributed by atoms with Gasteiger partial charge in [0.25, 0.3) is 0 Å². The normalized spacial score (nSPS) is 11.1. The Balaban J connectivity index is 0.00000162. The Kier molecular flexibility index (Phi) is 5.46. The van der Waals surface area contributed by atoms with Crippen LogP contribution in [0.4, 0.5) is 12.9 Å². The zero-order valence-electron chi connectivity index (χ0n) is 9.75. The van der Waals surface area contributed by atoms with Gasteiger partial charge in [-0.05, 0) is 17.5 Å². The minimum atomic E-state index is -5.08. The van der Waals surface area contributed by atoms with Crippen LogP contribution in [0.2, 0.25) is 0 Å². The molecule has 1 aromatic heterocycles. The summed E-state index contributed by atoms with van der Waals surface area (Å²) in [5.74, 6) is -0.619. The molecule has 0 spiro atoms. The predicted octanol–water partition coefficient (Wildman–Crippen LogP) is -0.254. The molecule has 0 amide bonds. The molecule has 2 aromatic rings. The summed E-state index contributed by atoms with van der Waals surface area (Å²) in [6, 6.07) is 5.15. The van der Waals surface area contributed by atoms with Crippen LogP contribution in [0.3, 0.4) is 0 Å². The molecule has 0 unspecified atom stereocenters. The first kappa shape index (κ1) is 16.2. The molecule has 2 nitrogen and oxygen atoms in total. The van der Waals surface area contributed by atoms with Crippen molar-refractivity contribution in [3.63, 3.8) is 0 Å². The number of thiophene rings is 1. The summed E-state index contributed by atoms with van der Waals surface area (Å²) in [4.78, 5) is 11.4. The first-order valence-corrected chi connectivity index (χ1v) is 5.56. The molecule has 2 rings (SSSR count). The van der Waals surface area contributed by atoms with Gasteiger partial charge in [-0.15, -0.1) is 11.3 Å². The fourth-order valence-electron chi connectivity index (χ4n) is 1.57. The average molecular weight is 298 g/mol. The first-order valence-electron chi connectivity index (χ1n) is 4.74. The molecular weight excluding hydrogens is 291 g/mol. The molecule has 0 aliphatic rings. The van der Waals surface area contributed by atoms with Gasteiger partial charge in [0, 0.05) is 4.70 Å². The summed E-state index contributed by atoms with van der Waals surface area (Å²) in [6.45, 7) is -5.08. The Labute approximate surface area is 148 Å². The molecule has 8 heteroatoms. The molecular formula is C10H7BF3KO2S. The van der Waals surface area contributed by atoms with Crippen molar-refractivity contribution in [3.8, 4) is 0 Å². The third-order valence-corrected chi connectivity index (χ3v) is 3.41. The number of carbonyl (C=O) groups excluding carboxylic acids is 1. The molecule has 0 fully saturated rings. The maximum atomic E-state index is 12.8. The molecule has 1 heterocycles. The van der Waals surface area contributed by atoms with Gasteiger partial charge in [-0.1, -0.05) is 17.6 Å². The smallest absolute Gasteiger partial charge is 0.465 e. The molecule has 0 aliphatic carbocycles. The standard InChI is InChI=1S/C10H7BF3O2S.K/c1-16-10(15)9-5-6-7(11(12,13)14)3-2-4-8(6)17-9;/h2-5H,1H3;/q-1;+1. The van der Waals surface area contributed by atoms with Crippen LogP contribution in [0.1, 0.15) is 9.67 Å². The number of benzene rings is 1. The van der Waals surface area contributed by atoms with Crippen molar-refractivity contribution in [1.82, 2.24) is 0 Å². The SMILES string of the molecule is COC(=O)c1cc2c([B-](F)(F)F)cccc2s1.[K+]. The van der Waals surface area contributed by atoms with E-state index in [1.807, 2.05) is 0 Å². The molecule has 1 aromatic carbocycles. The molecule has 0 bridgehead atoms. The maximum absolute atomic E-state index is 12.8. The van der Waals surface area contributed by atoms with Crippen LogP contribution in [-0.2, 0) is 4.74 Å². The van der Waals surface area contributed by atoms with E-state index in [0.29, 0.717) is 4.70 Å². The van der Waals surface area contributed by atoms with Crippen LogP contribution in [0.25, 0.3) is 10.1 Å². The molecule has 90 valence electrons. The third kappa shape index (κ3) is 3.17. The molecule has 18 heavy (non-hydrogen) atoms. The Morgan fingerprint density at radius 2 is 2.00 bits per heavy atom. The van der Waals surface area contributed by atoms with Crippen LogP contribution in [0.5, 0.6) is 0 Å². The van der Waals surface area contributed by atoms with Gasteiger partial charge in [-0.2, -0.15) is 0 Å². The van der Waals surface area contributed by atoms with Crippen LogP contribution < -0.4 is 56.8 Å². The minimum absolute atomic E-state index is 0. The summed E-state index contributed by atoms with van der Waals surface area (Å²) < 4.78 is 43.2. The van der Waals surface area contributed by atoms with Crippen LogP contribution in [0.15, 0.2) is 24.3 Å². The minimum Gasteiger partial charge on any atom is -0.465 e. The van der Waals surface area contributed by atoms with Crippen LogP contribution in [-0.4, -0.2) is 20.1 Å². The monoisotopic (exact) mass is 298 g/mol. The van der Waals surface area contributed by atoms with E-state index < -0.39 is 18.4 Å². The zero-order valence-corrected chi connectivity index (χ0v) is 13.7. The van der Waals surface area contributed by atoms with Crippen molar-refractivity contribution < 1.29 is 73.9 Å². The number of fused-ring (bicyclic) bond motifs is 1. The first-order chi connectivity index (χ1) is 7.93. The topological polar surface area (TPSA) is 26.3 Å². The number of halogens is 3. The summed E-state index contributed by atoms with van der Waals surface area (Å²) in [7, 11) is 1.20. The average Bonchev–Trinajstić information content (AvgIpc) is 2.69. The van der Waals surface area contributed by atoms with E-state index in [1.165, 1.54) is 19.2 Å². The third-order valence-electron chi connectivity index (χ3n) is 2.33. The van der Waals surface area contributed by atoms with E-state index in [1.54, 1.807) is 6.07 Å². The van der Waals surface area contributed by atoms with E-state index >= 15 is 0 Å². The summed E-state index contributed by atoms with van der Waals surface area (Å²) in [5, 5.41) is 0.0606. The fourth-order valence-corrected chi connectivity index (χ4v) is 2.58.